The number of rotatable bonds is 4. The number of methoxy groups -OCH3 is 1. The van der Waals surface area contributed by atoms with Crippen molar-refractivity contribution in [1.29, 1.82) is 0 Å². The predicted octanol–water partition coefficient (Wildman–Crippen LogP) is 2.83. The Hall–Kier alpha value is -2.29. The first kappa shape index (κ1) is 12.2. The lowest BCUT2D eigenvalue weighted by atomic mass is 10.0. The van der Waals surface area contributed by atoms with Gasteiger partial charge in [-0.05, 0) is 17.7 Å². The van der Waals surface area contributed by atoms with Gasteiger partial charge >= 0.3 is 0 Å². The van der Waals surface area contributed by atoms with E-state index in [1.165, 1.54) is 19.2 Å². The molecule has 0 amide bonds. The monoisotopic (exact) mass is 242 g/mol. The van der Waals surface area contributed by atoms with Crippen LogP contribution in [0.3, 0.4) is 0 Å². The molecule has 0 saturated carbocycles. The molecular formula is C15H14O3. The van der Waals surface area contributed by atoms with E-state index in [2.05, 4.69) is 0 Å². The number of carbonyl (C=O) groups is 1. The quantitative estimate of drug-likeness (QED) is 0.838. The van der Waals surface area contributed by atoms with Crippen molar-refractivity contribution in [3.05, 3.63) is 59.7 Å². The topological polar surface area (TPSA) is 46.5 Å². The van der Waals surface area contributed by atoms with Crippen molar-refractivity contribution >= 4 is 5.78 Å². The van der Waals surface area contributed by atoms with Crippen LogP contribution in [0.2, 0.25) is 0 Å². The Bertz CT molecular complexity index is 547. The second-order valence-electron chi connectivity index (χ2n) is 3.97. The number of hydrogen-bond acceptors (Lipinski definition) is 3. The van der Waals surface area contributed by atoms with Crippen LogP contribution in [-0.4, -0.2) is 18.0 Å². The van der Waals surface area contributed by atoms with Gasteiger partial charge in [-0.1, -0.05) is 30.3 Å². The maximum atomic E-state index is 12.1. The number of carbonyl (C=O) groups excluding carboxylic acids is 1. The molecule has 3 nitrogen and oxygen atoms in total. The van der Waals surface area contributed by atoms with E-state index in [0.717, 1.165) is 5.56 Å². The summed E-state index contributed by atoms with van der Waals surface area (Å²) < 4.78 is 5.10. The van der Waals surface area contributed by atoms with Gasteiger partial charge < -0.3 is 9.84 Å². The van der Waals surface area contributed by atoms with Crippen LogP contribution in [0, 0.1) is 0 Å². The summed E-state index contributed by atoms with van der Waals surface area (Å²) in [6.45, 7) is 0. The summed E-state index contributed by atoms with van der Waals surface area (Å²) in [5, 5.41) is 9.35. The Balaban J connectivity index is 2.24. The van der Waals surface area contributed by atoms with Crippen LogP contribution in [0.25, 0.3) is 0 Å². The van der Waals surface area contributed by atoms with Crippen LogP contribution in [0.5, 0.6) is 11.5 Å². The average Bonchev–Trinajstić information content (AvgIpc) is 2.39. The van der Waals surface area contributed by atoms with Gasteiger partial charge in [-0.3, -0.25) is 4.79 Å². The molecule has 2 aromatic carbocycles. The largest absolute Gasteiger partial charge is 0.508 e. The second kappa shape index (κ2) is 5.36. The molecule has 0 aliphatic rings. The lowest BCUT2D eigenvalue weighted by Crippen LogP contribution is -2.05. The Morgan fingerprint density at radius 1 is 1.17 bits per heavy atom. The maximum Gasteiger partial charge on any atom is 0.170 e. The molecule has 1 N–H and O–H groups in total. The van der Waals surface area contributed by atoms with E-state index in [-0.39, 0.29) is 11.5 Å². The molecule has 0 aliphatic heterocycles. The molecule has 0 atom stereocenters. The molecule has 0 bridgehead atoms. The lowest BCUT2D eigenvalue weighted by molar-refractivity contribution is 0.0990. The Labute approximate surface area is 106 Å². The standard InChI is InChI=1S/C15H14O3/c1-18-15-10-12(16)7-8-13(15)14(17)9-11-5-3-2-4-6-11/h2-8,10,16H,9H2,1H3. The molecule has 0 unspecified atom stereocenters. The zero-order chi connectivity index (χ0) is 13.0. The van der Waals surface area contributed by atoms with Gasteiger partial charge in [0.15, 0.2) is 5.78 Å². The molecule has 0 spiro atoms. The SMILES string of the molecule is COc1cc(O)ccc1C(=O)Cc1ccccc1. The Morgan fingerprint density at radius 2 is 1.89 bits per heavy atom. The number of aromatic hydroxyl groups is 1. The smallest absolute Gasteiger partial charge is 0.170 e. The third kappa shape index (κ3) is 2.69. The molecule has 0 aromatic heterocycles. The summed E-state index contributed by atoms with van der Waals surface area (Å²) in [7, 11) is 1.48. The number of hydrogen-bond donors (Lipinski definition) is 1. The van der Waals surface area contributed by atoms with Crippen LogP contribution in [0.15, 0.2) is 48.5 Å². The molecule has 18 heavy (non-hydrogen) atoms. The molecule has 0 radical (unpaired) electrons. The molecule has 2 rings (SSSR count). The highest BCUT2D eigenvalue weighted by molar-refractivity contribution is 6.00. The van der Waals surface area contributed by atoms with Crippen LogP contribution in [0.1, 0.15) is 15.9 Å². The van der Waals surface area contributed by atoms with Crippen molar-refractivity contribution in [2.24, 2.45) is 0 Å². The van der Waals surface area contributed by atoms with Gasteiger partial charge in [0.25, 0.3) is 0 Å². The summed E-state index contributed by atoms with van der Waals surface area (Å²) in [4.78, 5) is 12.1. The van der Waals surface area contributed by atoms with Crippen molar-refractivity contribution in [2.45, 2.75) is 6.42 Å². The number of benzene rings is 2. The molecule has 92 valence electrons. The Kier molecular flexibility index (Phi) is 3.63. The summed E-state index contributed by atoms with van der Waals surface area (Å²) >= 11 is 0. The second-order valence-corrected chi connectivity index (χ2v) is 3.97. The number of phenols is 1. The van der Waals surface area contributed by atoms with E-state index in [4.69, 9.17) is 4.74 Å². The van der Waals surface area contributed by atoms with Crippen molar-refractivity contribution in [3.63, 3.8) is 0 Å². The summed E-state index contributed by atoms with van der Waals surface area (Å²) in [5.74, 6) is 0.456. The number of ether oxygens (including phenoxy) is 1. The summed E-state index contributed by atoms with van der Waals surface area (Å²) in [5.41, 5.74) is 1.44. The fourth-order valence-electron chi connectivity index (χ4n) is 1.79. The first-order valence-corrected chi connectivity index (χ1v) is 5.65. The van der Waals surface area contributed by atoms with Crippen LogP contribution < -0.4 is 4.74 Å². The van der Waals surface area contributed by atoms with E-state index >= 15 is 0 Å². The normalized spacial score (nSPS) is 10.1. The Morgan fingerprint density at radius 3 is 2.56 bits per heavy atom. The van der Waals surface area contributed by atoms with Gasteiger partial charge in [0.1, 0.15) is 11.5 Å². The maximum absolute atomic E-state index is 12.1. The molecule has 0 aliphatic carbocycles. The first-order chi connectivity index (χ1) is 8.70. The predicted molar refractivity (Wildman–Crippen MR) is 69.1 cm³/mol. The molecule has 2 aromatic rings. The molecule has 0 fully saturated rings. The van der Waals surface area contributed by atoms with Crippen molar-refractivity contribution in [1.82, 2.24) is 0 Å². The number of Topliss-reactive ketones (excluding diaryl/α,β-unsaturated/α-hetero) is 1. The highest BCUT2D eigenvalue weighted by atomic mass is 16.5. The van der Waals surface area contributed by atoms with Crippen molar-refractivity contribution < 1.29 is 14.6 Å². The minimum Gasteiger partial charge on any atom is -0.508 e. The fraction of sp³-hybridized carbons (Fsp3) is 0.133. The number of ketones is 1. The van der Waals surface area contributed by atoms with Gasteiger partial charge in [0, 0.05) is 12.5 Å². The van der Waals surface area contributed by atoms with Gasteiger partial charge in [-0.25, -0.2) is 0 Å². The van der Waals surface area contributed by atoms with Crippen molar-refractivity contribution in [2.75, 3.05) is 7.11 Å². The zero-order valence-electron chi connectivity index (χ0n) is 10.1. The molecule has 0 saturated heterocycles. The summed E-state index contributed by atoms with van der Waals surface area (Å²) in [6, 6.07) is 14.0. The first-order valence-electron chi connectivity index (χ1n) is 5.65. The highest BCUT2D eigenvalue weighted by Gasteiger charge is 2.13. The summed E-state index contributed by atoms with van der Waals surface area (Å²) in [6.07, 6.45) is 0.321. The molecular weight excluding hydrogens is 228 g/mol. The average molecular weight is 242 g/mol. The van der Waals surface area contributed by atoms with Crippen molar-refractivity contribution in [3.8, 4) is 11.5 Å². The molecule has 3 heteroatoms. The van der Waals surface area contributed by atoms with Gasteiger partial charge in [0.2, 0.25) is 0 Å². The van der Waals surface area contributed by atoms with E-state index < -0.39 is 0 Å². The van der Waals surface area contributed by atoms with Crippen LogP contribution >= 0.6 is 0 Å². The minimum atomic E-state index is -0.0296. The van der Waals surface area contributed by atoms with E-state index in [1.807, 2.05) is 30.3 Å². The zero-order valence-corrected chi connectivity index (χ0v) is 10.1. The molecule has 0 heterocycles. The van der Waals surface area contributed by atoms with Gasteiger partial charge in [-0.15, -0.1) is 0 Å². The minimum absolute atomic E-state index is 0.0296. The van der Waals surface area contributed by atoms with Crippen LogP contribution in [-0.2, 0) is 6.42 Å². The van der Waals surface area contributed by atoms with E-state index in [0.29, 0.717) is 17.7 Å². The van der Waals surface area contributed by atoms with E-state index in [9.17, 15) is 9.90 Å². The van der Waals surface area contributed by atoms with Gasteiger partial charge in [-0.2, -0.15) is 0 Å². The lowest BCUT2D eigenvalue weighted by Gasteiger charge is -2.08. The third-order valence-corrected chi connectivity index (χ3v) is 2.69. The van der Waals surface area contributed by atoms with Crippen LogP contribution in [0.4, 0.5) is 0 Å². The number of phenolic OH excluding ortho intramolecular Hbond substituents is 1. The third-order valence-electron chi connectivity index (χ3n) is 2.69. The van der Waals surface area contributed by atoms with E-state index in [1.54, 1.807) is 6.07 Å². The van der Waals surface area contributed by atoms with Gasteiger partial charge in [0.05, 0.1) is 12.7 Å². The fourth-order valence-corrected chi connectivity index (χ4v) is 1.79. The highest BCUT2D eigenvalue weighted by Crippen LogP contribution is 2.25.